The van der Waals surface area contributed by atoms with E-state index >= 15 is 8.78 Å². The Hall–Kier alpha value is -2.50. The molecule has 0 amide bonds. The molecule has 1 atom stereocenters. The maximum atomic E-state index is 15.1. The monoisotopic (exact) mass is 434 g/mol. The summed E-state index contributed by atoms with van der Waals surface area (Å²) in [6.45, 7) is 4.28. The third-order valence-electron chi connectivity index (χ3n) is 6.08. The molecule has 0 saturated carbocycles. The van der Waals surface area contributed by atoms with Crippen molar-refractivity contribution in [1.29, 1.82) is 0 Å². The largest absolute Gasteiger partial charge is 0.490 e. The van der Waals surface area contributed by atoms with Gasteiger partial charge < -0.3 is 9.15 Å². The van der Waals surface area contributed by atoms with Crippen LogP contribution in [0.15, 0.2) is 28.2 Å². The van der Waals surface area contributed by atoms with E-state index in [1.807, 2.05) is 6.92 Å². The predicted molar refractivity (Wildman–Crippen MR) is 114 cm³/mol. The summed E-state index contributed by atoms with van der Waals surface area (Å²) >= 11 is 0. The molecule has 2 nitrogen and oxygen atoms in total. The molecular weight excluding hydrogens is 408 g/mol. The van der Waals surface area contributed by atoms with E-state index < -0.39 is 28.7 Å². The summed E-state index contributed by atoms with van der Waals surface area (Å²) in [7, 11) is 0. The molecule has 1 aliphatic rings. The number of rotatable bonds is 7. The zero-order valence-corrected chi connectivity index (χ0v) is 17.8. The highest BCUT2D eigenvalue weighted by molar-refractivity contribution is 6.06. The van der Waals surface area contributed by atoms with Crippen LogP contribution >= 0.6 is 0 Å². The SMILES string of the molecule is CCCCOc1cc2oc3cc(C4CC=C(CCC)CC4)c(F)c(F)c3c2c(F)c1F. The third kappa shape index (κ3) is 3.92. The smallest absolute Gasteiger partial charge is 0.201 e. The first-order valence-corrected chi connectivity index (χ1v) is 11.0. The van der Waals surface area contributed by atoms with Crippen molar-refractivity contribution in [3.8, 4) is 5.75 Å². The minimum absolute atomic E-state index is 0.0104. The lowest BCUT2D eigenvalue weighted by molar-refractivity contribution is 0.289. The molecule has 1 unspecified atom stereocenters. The molecule has 0 aliphatic heterocycles. The molecule has 2 aromatic carbocycles. The number of ether oxygens (including phenoxy) is 1. The Morgan fingerprint density at radius 3 is 2.29 bits per heavy atom. The zero-order chi connectivity index (χ0) is 22.1. The second kappa shape index (κ2) is 8.93. The first-order chi connectivity index (χ1) is 15.0. The fraction of sp³-hybridized carbons (Fsp3) is 0.440. The third-order valence-corrected chi connectivity index (χ3v) is 6.08. The first kappa shape index (κ1) is 21.7. The molecule has 166 valence electrons. The fourth-order valence-electron chi connectivity index (χ4n) is 4.40. The molecule has 3 aromatic rings. The quantitative estimate of drug-likeness (QED) is 0.212. The standard InChI is InChI=1S/C25H26F4O2/c1-3-5-11-30-19-13-18-21(25(29)23(19)27)20-17(31-18)12-16(22(26)24(20)28)15-9-7-14(6-4-2)8-10-15/h7,12-13,15H,3-6,8-11H2,1-2H3. The minimum Gasteiger partial charge on any atom is -0.490 e. The first-order valence-electron chi connectivity index (χ1n) is 11.0. The highest BCUT2D eigenvalue weighted by Gasteiger charge is 2.28. The van der Waals surface area contributed by atoms with Crippen molar-refractivity contribution < 1.29 is 26.7 Å². The summed E-state index contributed by atoms with van der Waals surface area (Å²) < 4.78 is 70.3. The number of furan rings is 1. The molecule has 1 heterocycles. The normalized spacial score (nSPS) is 16.8. The fourth-order valence-corrected chi connectivity index (χ4v) is 4.40. The van der Waals surface area contributed by atoms with Crippen molar-refractivity contribution in [3.63, 3.8) is 0 Å². The Kier molecular flexibility index (Phi) is 6.26. The second-order valence-corrected chi connectivity index (χ2v) is 8.23. The zero-order valence-electron chi connectivity index (χ0n) is 17.8. The lowest BCUT2D eigenvalue weighted by Crippen LogP contribution is -2.08. The summed E-state index contributed by atoms with van der Waals surface area (Å²) in [5.74, 6) is -5.21. The number of unbranched alkanes of at least 4 members (excludes halogenated alkanes) is 1. The molecule has 0 spiro atoms. The molecule has 4 rings (SSSR count). The van der Waals surface area contributed by atoms with E-state index in [4.69, 9.17) is 9.15 Å². The van der Waals surface area contributed by atoms with Crippen LogP contribution in [0.3, 0.4) is 0 Å². The number of halogens is 4. The van der Waals surface area contributed by atoms with Crippen molar-refractivity contribution in [2.24, 2.45) is 0 Å². The number of hydrogen-bond donors (Lipinski definition) is 0. The van der Waals surface area contributed by atoms with E-state index in [1.165, 1.54) is 17.7 Å². The van der Waals surface area contributed by atoms with E-state index in [-0.39, 0.29) is 40.4 Å². The Bertz CT molecular complexity index is 1150. The minimum atomic E-state index is -1.29. The van der Waals surface area contributed by atoms with Gasteiger partial charge in [-0.25, -0.2) is 13.2 Å². The van der Waals surface area contributed by atoms with Gasteiger partial charge in [0.2, 0.25) is 5.82 Å². The molecule has 0 radical (unpaired) electrons. The summed E-state index contributed by atoms with van der Waals surface area (Å²) in [5.41, 5.74) is 1.51. The molecular formula is C25H26F4O2. The van der Waals surface area contributed by atoms with Gasteiger partial charge in [-0.05, 0) is 49.7 Å². The summed E-state index contributed by atoms with van der Waals surface area (Å²) in [6.07, 6.45) is 7.86. The van der Waals surface area contributed by atoms with Crippen molar-refractivity contribution in [1.82, 2.24) is 0 Å². The van der Waals surface area contributed by atoms with Crippen LogP contribution in [0.2, 0.25) is 0 Å². The van der Waals surface area contributed by atoms with Crippen LogP contribution in [-0.4, -0.2) is 6.61 Å². The highest BCUT2D eigenvalue weighted by atomic mass is 19.2. The molecule has 1 aliphatic carbocycles. The van der Waals surface area contributed by atoms with Gasteiger partial charge in [0.25, 0.3) is 0 Å². The molecule has 6 heteroatoms. The Morgan fingerprint density at radius 2 is 1.65 bits per heavy atom. The lowest BCUT2D eigenvalue weighted by Gasteiger charge is -2.22. The molecule has 0 bridgehead atoms. The maximum absolute atomic E-state index is 15.1. The van der Waals surface area contributed by atoms with Gasteiger partial charge in [-0.3, -0.25) is 0 Å². The highest BCUT2D eigenvalue weighted by Crippen LogP contribution is 2.42. The van der Waals surface area contributed by atoms with Gasteiger partial charge in [-0.2, -0.15) is 4.39 Å². The van der Waals surface area contributed by atoms with Crippen molar-refractivity contribution in [3.05, 3.63) is 52.6 Å². The Labute approximate surface area is 178 Å². The van der Waals surface area contributed by atoms with E-state index in [2.05, 4.69) is 13.0 Å². The molecule has 0 saturated heterocycles. The maximum Gasteiger partial charge on any atom is 0.201 e. The van der Waals surface area contributed by atoms with Gasteiger partial charge in [0.15, 0.2) is 23.2 Å². The molecule has 31 heavy (non-hydrogen) atoms. The van der Waals surface area contributed by atoms with Gasteiger partial charge in [0.1, 0.15) is 11.2 Å². The van der Waals surface area contributed by atoms with Crippen LogP contribution in [0.25, 0.3) is 21.9 Å². The van der Waals surface area contributed by atoms with Gasteiger partial charge in [-0.15, -0.1) is 0 Å². The van der Waals surface area contributed by atoms with Gasteiger partial charge in [-0.1, -0.05) is 38.3 Å². The Morgan fingerprint density at radius 1 is 0.935 bits per heavy atom. The molecule has 0 fully saturated rings. The van der Waals surface area contributed by atoms with E-state index in [0.29, 0.717) is 19.3 Å². The van der Waals surface area contributed by atoms with Crippen molar-refractivity contribution >= 4 is 21.9 Å². The van der Waals surface area contributed by atoms with Crippen LogP contribution in [0.4, 0.5) is 17.6 Å². The summed E-state index contributed by atoms with van der Waals surface area (Å²) in [6, 6.07) is 2.65. The summed E-state index contributed by atoms with van der Waals surface area (Å²) in [5, 5.41) is -0.766. The van der Waals surface area contributed by atoms with E-state index in [0.717, 1.165) is 25.7 Å². The van der Waals surface area contributed by atoms with Crippen molar-refractivity contribution in [2.45, 2.75) is 64.7 Å². The summed E-state index contributed by atoms with van der Waals surface area (Å²) in [4.78, 5) is 0. The average Bonchev–Trinajstić information content (AvgIpc) is 3.14. The number of hydrogen-bond acceptors (Lipinski definition) is 2. The molecule has 0 N–H and O–H groups in total. The van der Waals surface area contributed by atoms with Crippen LogP contribution in [-0.2, 0) is 0 Å². The van der Waals surface area contributed by atoms with Gasteiger partial charge in [0, 0.05) is 6.07 Å². The second-order valence-electron chi connectivity index (χ2n) is 8.23. The van der Waals surface area contributed by atoms with Crippen LogP contribution < -0.4 is 4.74 Å². The van der Waals surface area contributed by atoms with Crippen molar-refractivity contribution in [2.75, 3.05) is 6.61 Å². The Balaban J connectivity index is 1.79. The van der Waals surface area contributed by atoms with E-state index in [9.17, 15) is 8.78 Å². The topological polar surface area (TPSA) is 22.4 Å². The predicted octanol–water partition coefficient (Wildman–Crippen LogP) is 8.32. The van der Waals surface area contributed by atoms with Gasteiger partial charge in [0.05, 0.1) is 17.4 Å². The van der Waals surface area contributed by atoms with Crippen LogP contribution in [0.1, 0.15) is 70.3 Å². The van der Waals surface area contributed by atoms with Gasteiger partial charge >= 0.3 is 0 Å². The van der Waals surface area contributed by atoms with E-state index in [1.54, 1.807) is 0 Å². The molecule has 1 aromatic heterocycles. The number of benzene rings is 2. The van der Waals surface area contributed by atoms with Crippen LogP contribution in [0, 0.1) is 23.3 Å². The number of fused-ring (bicyclic) bond motifs is 3. The number of allylic oxidation sites excluding steroid dienone is 2. The average molecular weight is 434 g/mol. The lowest BCUT2D eigenvalue weighted by atomic mass is 9.83. The van der Waals surface area contributed by atoms with Crippen LogP contribution in [0.5, 0.6) is 5.75 Å².